The Labute approximate surface area is 115 Å². The van der Waals surface area contributed by atoms with Crippen molar-refractivity contribution in [2.45, 2.75) is 19.3 Å². The number of methoxy groups -OCH3 is 1. The lowest BCUT2D eigenvalue weighted by Crippen LogP contribution is -2.21. The molecule has 1 aliphatic carbocycles. The van der Waals surface area contributed by atoms with Crippen LogP contribution in [-0.2, 0) is 6.42 Å². The third kappa shape index (κ3) is 2.23. The largest absolute Gasteiger partial charge is 0.496 e. The van der Waals surface area contributed by atoms with Crippen LogP contribution in [0.3, 0.4) is 0 Å². The molecule has 1 atom stereocenters. The van der Waals surface area contributed by atoms with E-state index >= 15 is 0 Å². The zero-order chi connectivity index (χ0) is 14.7. The predicted molar refractivity (Wildman–Crippen MR) is 69.0 cm³/mol. The Hall–Kier alpha value is -2.40. The highest BCUT2D eigenvalue weighted by molar-refractivity contribution is 5.81. The van der Waals surface area contributed by atoms with Gasteiger partial charge in [0.05, 0.1) is 7.11 Å². The average Bonchev–Trinajstić information content (AvgIpc) is 2.47. The normalized spacial score (nSPS) is 17.1. The minimum Gasteiger partial charge on any atom is -0.496 e. The quantitative estimate of drug-likeness (QED) is 0.777. The molecule has 2 rings (SSSR count). The van der Waals surface area contributed by atoms with E-state index in [2.05, 4.69) is 0 Å². The van der Waals surface area contributed by atoms with Crippen LogP contribution in [0.5, 0.6) is 5.75 Å². The smallest absolute Gasteiger partial charge is 0.245 e. The van der Waals surface area contributed by atoms with Gasteiger partial charge in [0.2, 0.25) is 6.43 Å². The first-order valence-corrected chi connectivity index (χ1v) is 6.12. The van der Waals surface area contributed by atoms with Crippen LogP contribution in [0.2, 0.25) is 0 Å². The van der Waals surface area contributed by atoms with Crippen molar-refractivity contribution in [3.63, 3.8) is 0 Å². The van der Waals surface area contributed by atoms with Crippen molar-refractivity contribution in [2.24, 2.45) is 5.92 Å². The van der Waals surface area contributed by atoms with E-state index in [4.69, 9.17) is 15.3 Å². The lowest BCUT2D eigenvalue weighted by Gasteiger charge is -2.28. The molecule has 1 unspecified atom stereocenters. The van der Waals surface area contributed by atoms with E-state index in [-0.39, 0.29) is 17.6 Å². The highest BCUT2D eigenvalue weighted by Gasteiger charge is 2.34. The molecule has 5 heteroatoms. The summed E-state index contributed by atoms with van der Waals surface area (Å²) in [6, 6.07) is 8.55. The summed E-state index contributed by atoms with van der Waals surface area (Å²) in [7, 11) is 1.51. The SMILES string of the molecule is COc1cccc2c1CCC(C(F)F)C2=C(C#N)C#N. The predicted octanol–water partition coefficient (Wildman–Crippen LogP) is 3.32. The van der Waals surface area contributed by atoms with Crippen molar-refractivity contribution in [3.8, 4) is 17.9 Å². The van der Waals surface area contributed by atoms with Gasteiger partial charge in [-0.3, -0.25) is 0 Å². The minimum absolute atomic E-state index is 0.144. The summed E-state index contributed by atoms with van der Waals surface area (Å²) in [6.45, 7) is 0. The van der Waals surface area contributed by atoms with Gasteiger partial charge in [-0.1, -0.05) is 12.1 Å². The van der Waals surface area contributed by atoms with Gasteiger partial charge < -0.3 is 4.74 Å². The minimum atomic E-state index is -2.60. The van der Waals surface area contributed by atoms with Gasteiger partial charge in [0.1, 0.15) is 23.5 Å². The second-order valence-electron chi connectivity index (χ2n) is 4.48. The standard InChI is InChI=1S/C15H12F2N2O/c1-20-13-4-2-3-11-10(13)5-6-12(15(16)17)14(11)9(7-18)8-19/h2-4,12,15H,5-6H2,1H3. The monoisotopic (exact) mass is 274 g/mol. The molecule has 0 amide bonds. The summed E-state index contributed by atoms with van der Waals surface area (Å²) >= 11 is 0. The van der Waals surface area contributed by atoms with Crippen molar-refractivity contribution < 1.29 is 13.5 Å². The number of nitrogens with zero attached hydrogens (tertiary/aromatic N) is 2. The molecule has 0 saturated heterocycles. The van der Waals surface area contributed by atoms with Crippen LogP contribution < -0.4 is 4.74 Å². The first kappa shape index (κ1) is 14.0. The third-order valence-corrected chi connectivity index (χ3v) is 3.52. The Morgan fingerprint density at radius 2 is 2.05 bits per heavy atom. The van der Waals surface area contributed by atoms with Crippen molar-refractivity contribution in [1.29, 1.82) is 10.5 Å². The number of allylic oxidation sites excluding steroid dienone is 2. The molecule has 0 radical (unpaired) electrons. The fourth-order valence-corrected chi connectivity index (χ4v) is 2.63. The van der Waals surface area contributed by atoms with E-state index in [9.17, 15) is 8.78 Å². The van der Waals surface area contributed by atoms with Gasteiger partial charge in [0, 0.05) is 11.5 Å². The third-order valence-electron chi connectivity index (χ3n) is 3.52. The highest BCUT2D eigenvalue weighted by atomic mass is 19.3. The molecule has 3 nitrogen and oxygen atoms in total. The number of rotatable bonds is 2. The lowest BCUT2D eigenvalue weighted by molar-refractivity contribution is 0.0989. The van der Waals surface area contributed by atoms with Crippen LogP contribution >= 0.6 is 0 Å². The van der Waals surface area contributed by atoms with Gasteiger partial charge in [0.25, 0.3) is 0 Å². The van der Waals surface area contributed by atoms with Crippen molar-refractivity contribution in [1.82, 2.24) is 0 Å². The van der Waals surface area contributed by atoms with E-state index in [1.807, 2.05) is 0 Å². The van der Waals surface area contributed by atoms with Gasteiger partial charge in [-0.15, -0.1) is 0 Å². The molecule has 0 saturated carbocycles. The molecular weight excluding hydrogens is 262 g/mol. The molecule has 102 valence electrons. The molecule has 0 spiro atoms. The summed E-state index contributed by atoms with van der Waals surface area (Å²) in [5.74, 6) is -0.480. The summed E-state index contributed by atoms with van der Waals surface area (Å²) < 4.78 is 31.6. The molecule has 1 aromatic carbocycles. The van der Waals surface area contributed by atoms with Crippen molar-refractivity contribution in [2.75, 3.05) is 7.11 Å². The number of alkyl halides is 2. The molecule has 0 aliphatic heterocycles. The van der Waals surface area contributed by atoms with Crippen LogP contribution in [-0.4, -0.2) is 13.5 Å². The summed E-state index contributed by atoms with van der Waals surface area (Å²) in [5.41, 5.74) is 1.21. The first-order chi connectivity index (χ1) is 9.63. The van der Waals surface area contributed by atoms with E-state index in [1.54, 1.807) is 30.3 Å². The van der Waals surface area contributed by atoms with E-state index in [0.717, 1.165) is 5.56 Å². The Bertz CT molecular complexity index is 622. The lowest BCUT2D eigenvalue weighted by atomic mass is 9.77. The van der Waals surface area contributed by atoms with Gasteiger partial charge in [-0.25, -0.2) is 8.78 Å². The number of hydrogen-bond acceptors (Lipinski definition) is 3. The van der Waals surface area contributed by atoms with Crippen LogP contribution in [0.15, 0.2) is 23.8 Å². The fraction of sp³-hybridized carbons (Fsp3) is 0.333. The molecule has 0 fully saturated rings. The summed E-state index contributed by atoms with van der Waals surface area (Å²) in [4.78, 5) is 0. The fourth-order valence-electron chi connectivity index (χ4n) is 2.63. The van der Waals surface area contributed by atoms with Crippen LogP contribution in [0.25, 0.3) is 5.57 Å². The van der Waals surface area contributed by atoms with Crippen molar-refractivity contribution >= 4 is 5.57 Å². The number of halogens is 2. The highest BCUT2D eigenvalue weighted by Crippen LogP contribution is 2.43. The first-order valence-electron chi connectivity index (χ1n) is 6.12. The molecule has 0 heterocycles. The number of hydrogen-bond donors (Lipinski definition) is 0. The van der Waals surface area contributed by atoms with E-state index in [1.165, 1.54) is 7.11 Å². The maximum absolute atomic E-state index is 13.2. The summed E-state index contributed by atoms with van der Waals surface area (Å²) in [6.07, 6.45) is -1.95. The Balaban J connectivity index is 2.72. The molecule has 0 bridgehead atoms. The zero-order valence-corrected chi connectivity index (χ0v) is 10.9. The molecule has 0 N–H and O–H groups in total. The molecule has 1 aromatic rings. The number of fused-ring (bicyclic) bond motifs is 1. The number of benzene rings is 1. The number of ether oxygens (including phenoxy) is 1. The maximum Gasteiger partial charge on any atom is 0.245 e. The summed E-state index contributed by atoms with van der Waals surface area (Å²) in [5, 5.41) is 18.0. The van der Waals surface area contributed by atoms with E-state index in [0.29, 0.717) is 17.7 Å². The molecular formula is C15H12F2N2O. The second-order valence-corrected chi connectivity index (χ2v) is 4.48. The van der Waals surface area contributed by atoms with Gasteiger partial charge in [-0.2, -0.15) is 10.5 Å². The Morgan fingerprint density at radius 1 is 1.35 bits per heavy atom. The van der Waals surface area contributed by atoms with Gasteiger partial charge >= 0.3 is 0 Å². The number of nitriles is 2. The Kier molecular flexibility index (Phi) is 4.00. The van der Waals surface area contributed by atoms with Crippen LogP contribution in [0.1, 0.15) is 17.5 Å². The van der Waals surface area contributed by atoms with Gasteiger partial charge in [0.15, 0.2) is 0 Å². The maximum atomic E-state index is 13.2. The Morgan fingerprint density at radius 3 is 2.60 bits per heavy atom. The van der Waals surface area contributed by atoms with Gasteiger partial charge in [-0.05, 0) is 30.0 Å². The van der Waals surface area contributed by atoms with Crippen LogP contribution in [0.4, 0.5) is 8.78 Å². The average molecular weight is 274 g/mol. The van der Waals surface area contributed by atoms with Crippen LogP contribution in [0, 0.1) is 28.6 Å². The zero-order valence-electron chi connectivity index (χ0n) is 10.9. The van der Waals surface area contributed by atoms with E-state index < -0.39 is 12.3 Å². The van der Waals surface area contributed by atoms with Crippen molar-refractivity contribution in [3.05, 3.63) is 34.9 Å². The molecule has 20 heavy (non-hydrogen) atoms. The molecule has 0 aromatic heterocycles. The topological polar surface area (TPSA) is 56.8 Å². The molecule has 1 aliphatic rings. The second kappa shape index (κ2) is 5.71.